The highest BCUT2D eigenvalue weighted by molar-refractivity contribution is 5.48. The van der Waals surface area contributed by atoms with Crippen LogP contribution in [0.5, 0.6) is 0 Å². The maximum absolute atomic E-state index is 9.48. The first-order valence-corrected chi connectivity index (χ1v) is 5.88. The number of aliphatic hydroxyl groups excluding tert-OH is 1. The van der Waals surface area contributed by atoms with Crippen molar-refractivity contribution in [2.75, 3.05) is 29.9 Å². The fourth-order valence-corrected chi connectivity index (χ4v) is 2.37. The second-order valence-corrected chi connectivity index (χ2v) is 4.76. The van der Waals surface area contributed by atoms with Gasteiger partial charge in [-0.05, 0) is 12.8 Å². The van der Waals surface area contributed by atoms with E-state index in [9.17, 15) is 5.11 Å². The van der Waals surface area contributed by atoms with Gasteiger partial charge in [0.1, 0.15) is 11.6 Å². The first-order chi connectivity index (χ1) is 8.13. The highest BCUT2D eigenvalue weighted by Gasteiger charge is 2.32. The molecule has 0 radical (unpaired) electrons. The second-order valence-electron chi connectivity index (χ2n) is 4.76. The maximum Gasteiger partial charge on any atom is 0.223 e. The van der Waals surface area contributed by atoms with Gasteiger partial charge in [0.25, 0.3) is 0 Å². The maximum atomic E-state index is 9.48. The van der Waals surface area contributed by atoms with E-state index in [1.165, 1.54) is 12.8 Å². The molecule has 94 valence electrons. The van der Waals surface area contributed by atoms with Gasteiger partial charge < -0.3 is 21.9 Å². The van der Waals surface area contributed by atoms with Gasteiger partial charge >= 0.3 is 0 Å². The van der Waals surface area contributed by atoms with Crippen molar-refractivity contribution in [2.24, 2.45) is 5.41 Å². The Morgan fingerprint density at radius 1 is 1.29 bits per heavy atom. The summed E-state index contributed by atoms with van der Waals surface area (Å²) in [4.78, 5) is 7.86. The number of anilines is 3. The summed E-state index contributed by atoms with van der Waals surface area (Å²) in [5, 5.41) is 12.7. The van der Waals surface area contributed by atoms with Gasteiger partial charge in [0, 0.05) is 18.0 Å². The van der Waals surface area contributed by atoms with Crippen molar-refractivity contribution >= 4 is 17.6 Å². The zero-order valence-corrected chi connectivity index (χ0v) is 9.82. The molecule has 1 aromatic rings. The fourth-order valence-electron chi connectivity index (χ4n) is 2.37. The number of rotatable bonds is 4. The highest BCUT2D eigenvalue weighted by atomic mass is 16.3. The van der Waals surface area contributed by atoms with Crippen LogP contribution in [0.2, 0.25) is 0 Å². The van der Waals surface area contributed by atoms with E-state index < -0.39 is 0 Å². The average Bonchev–Trinajstić information content (AvgIpc) is 2.74. The van der Waals surface area contributed by atoms with Crippen molar-refractivity contribution < 1.29 is 5.11 Å². The second kappa shape index (κ2) is 4.75. The van der Waals surface area contributed by atoms with Gasteiger partial charge in [0.05, 0.1) is 6.61 Å². The Balaban J connectivity index is 2.01. The summed E-state index contributed by atoms with van der Waals surface area (Å²) in [7, 11) is 0. The van der Waals surface area contributed by atoms with Crippen LogP contribution in [-0.2, 0) is 0 Å². The Morgan fingerprint density at radius 2 is 2.00 bits per heavy atom. The molecule has 6 heteroatoms. The van der Waals surface area contributed by atoms with E-state index in [0.717, 1.165) is 12.8 Å². The zero-order chi connectivity index (χ0) is 12.3. The monoisotopic (exact) mass is 237 g/mol. The molecule has 17 heavy (non-hydrogen) atoms. The molecule has 1 aliphatic rings. The van der Waals surface area contributed by atoms with Crippen LogP contribution in [0.3, 0.4) is 0 Å². The lowest BCUT2D eigenvalue weighted by atomic mass is 9.87. The van der Waals surface area contributed by atoms with Crippen LogP contribution in [0.1, 0.15) is 25.7 Å². The van der Waals surface area contributed by atoms with Crippen molar-refractivity contribution in [3.8, 4) is 0 Å². The molecule has 2 rings (SSSR count). The molecule has 1 aromatic heterocycles. The third-order valence-corrected chi connectivity index (χ3v) is 3.41. The lowest BCUT2D eigenvalue weighted by Crippen LogP contribution is -2.30. The number of nitrogen functional groups attached to an aromatic ring is 2. The smallest absolute Gasteiger partial charge is 0.223 e. The predicted molar refractivity (Wildman–Crippen MR) is 67.3 cm³/mol. The number of hydrogen-bond donors (Lipinski definition) is 4. The van der Waals surface area contributed by atoms with E-state index >= 15 is 0 Å². The quantitative estimate of drug-likeness (QED) is 0.610. The van der Waals surface area contributed by atoms with Crippen molar-refractivity contribution in [2.45, 2.75) is 25.7 Å². The normalized spacial score (nSPS) is 18.2. The van der Waals surface area contributed by atoms with Crippen LogP contribution >= 0.6 is 0 Å². The number of nitrogens with zero attached hydrogens (tertiary/aromatic N) is 2. The molecule has 0 aromatic carbocycles. The van der Waals surface area contributed by atoms with Gasteiger partial charge in [-0.25, -0.2) is 0 Å². The molecular weight excluding hydrogens is 218 g/mol. The highest BCUT2D eigenvalue weighted by Crippen LogP contribution is 2.37. The minimum Gasteiger partial charge on any atom is -0.396 e. The van der Waals surface area contributed by atoms with E-state index in [0.29, 0.717) is 18.2 Å². The van der Waals surface area contributed by atoms with E-state index in [1.807, 2.05) is 0 Å². The topological polar surface area (TPSA) is 110 Å². The molecule has 0 aliphatic heterocycles. The van der Waals surface area contributed by atoms with Gasteiger partial charge in [-0.15, -0.1) is 0 Å². The summed E-state index contributed by atoms with van der Waals surface area (Å²) >= 11 is 0. The molecule has 1 fully saturated rings. The number of nitrogens with two attached hydrogens (primary N) is 2. The van der Waals surface area contributed by atoms with E-state index in [1.54, 1.807) is 6.07 Å². The van der Waals surface area contributed by atoms with Gasteiger partial charge in [-0.1, -0.05) is 12.8 Å². The molecule has 0 spiro atoms. The molecule has 0 atom stereocenters. The molecule has 6 N–H and O–H groups in total. The van der Waals surface area contributed by atoms with Crippen LogP contribution in [0.25, 0.3) is 0 Å². The van der Waals surface area contributed by atoms with Gasteiger partial charge in [0.15, 0.2) is 0 Å². The summed E-state index contributed by atoms with van der Waals surface area (Å²) in [5.41, 5.74) is 11.1. The molecule has 0 amide bonds. The van der Waals surface area contributed by atoms with Gasteiger partial charge in [-0.2, -0.15) is 9.97 Å². The summed E-state index contributed by atoms with van der Waals surface area (Å²) in [5.74, 6) is 1.14. The van der Waals surface area contributed by atoms with Crippen LogP contribution in [-0.4, -0.2) is 28.2 Å². The van der Waals surface area contributed by atoms with Crippen LogP contribution in [0.15, 0.2) is 6.07 Å². The van der Waals surface area contributed by atoms with Crippen molar-refractivity contribution in [3.05, 3.63) is 6.07 Å². The van der Waals surface area contributed by atoms with Crippen molar-refractivity contribution in [1.29, 1.82) is 0 Å². The Bertz CT molecular complexity index is 369. The largest absolute Gasteiger partial charge is 0.396 e. The molecule has 0 bridgehead atoms. The van der Waals surface area contributed by atoms with Crippen LogP contribution in [0.4, 0.5) is 17.6 Å². The first-order valence-electron chi connectivity index (χ1n) is 5.88. The number of hydrogen-bond acceptors (Lipinski definition) is 6. The Morgan fingerprint density at radius 3 is 2.59 bits per heavy atom. The Hall–Kier alpha value is -1.56. The fraction of sp³-hybridized carbons (Fsp3) is 0.636. The lowest BCUT2D eigenvalue weighted by Gasteiger charge is -2.26. The third kappa shape index (κ3) is 2.76. The molecule has 1 aliphatic carbocycles. The number of nitrogens with one attached hydrogen (secondary N) is 1. The standard InChI is InChI=1S/C11H19N5O/c12-8-5-9(16-10(13)15-8)14-6-11(7-17)3-1-2-4-11/h5,17H,1-4,6-7H2,(H5,12,13,14,15,16). The van der Waals surface area contributed by atoms with Crippen molar-refractivity contribution in [3.63, 3.8) is 0 Å². The molecule has 0 unspecified atom stereocenters. The molecule has 1 saturated carbocycles. The van der Waals surface area contributed by atoms with Crippen LogP contribution in [0, 0.1) is 5.41 Å². The Labute approximate surface area is 100 Å². The average molecular weight is 237 g/mol. The minimum atomic E-state index is -0.0194. The third-order valence-electron chi connectivity index (χ3n) is 3.41. The molecule has 1 heterocycles. The lowest BCUT2D eigenvalue weighted by molar-refractivity contribution is 0.142. The predicted octanol–water partition coefficient (Wildman–Crippen LogP) is 0.606. The zero-order valence-electron chi connectivity index (χ0n) is 9.82. The Kier molecular flexibility index (Phi) is 3.33. The van der Waals surface area contributed by atoms with E-state index in [4.69, 9.17) is 11.5 Å². The molecule has 0 saturated heterocycles. The number of aliphatic hydroxyl groups is 1. The molecule has 6 nitrogen and oxygen atoms in total. The summed E-state index contributed by atoms with van der Waals surface area (Å²) < 4.78 is 0. The summed E-state index contributed by atoms with van der Waals surface area (Å²) in [6.07, 6.45) is 4.45. The van der Waals surface area contributed by atoms with Crippen molar-refractivity contribution in [1.82, 2.24) is 9.97 Å². The van der Waals surface area contributed by atoms with E-state index in [-0.39, 0.29) is 18.0 Å². The first kappa shape index (κ1) is 11.9. The van der Waals surface area contributed by atoms with Gasteiger partial charge in [0.2, 0.25) is 5.95 Å². The summed E-state index contributed by atoms with van der Waals surface area (Å²) in [6, 6.07) is 1.65. The van der Waals surface area contributed by atoms with Crippen LogP contribution < -0.4 is 16.8 Å². The minimum absolute atomic E-state index is 0.0194. The molecular formula is C11H19N5O. The number of aromatic nitrogens is 2. The van der Waals surface area contributed by atoms with E-state index in [2.05, 4.69) is 15.3 Å². The van der Waals surface area contributed by atoms with Gasteiger partial charge in [-0.3, -0.25) is 0 Å². The SMILES string of the molecule is Nc1cc(NCC2(CO)CCCC2)nc(N)n1. The summed E-state index contributed by atoms with van der Waals surface area (Å²) in [6.45, 7) is 0.898.